The van der Waals surface area contributed by atoms with Gasteiger partial charge in [-0.1, -0.05) is 18.1 Å². The molecule has 2 fully saturated rings. The van der Waals surface area contributed by atoms with Gasteiger partial charge in [0.2, 0.25) is 11.8 Å². The number of hydrogen-bond acceptors (Lipinski definition) is 5. The van der Waals surface area contributed by atoms with E-state index in [1.54, 1.807) is 20.8 Å². The second-order valence-corrected chi connectivity index (χ2v) is 7.92. The minimum atomic E-state index is -0.574. The Morgan fingerprint density at radius 1 is 1.28 bits per heavy atom. The summed E-state index contributed by atoms with van der Waals surface area (Å²) in [6.45, 7) is 5.66. The van der Waals surface area contributed by atoms with Crippen LogP contribution in [0.2, 0.25) is 0 Å². The van der Waals surface area contributed by atoms with Crippen molar-refractivity contribution in [1.29, 1.82) is 0 Å². The number of imide groups is 1. The maximum absolute atomic E-state index is 12.8. The molecule has 6 heteroatoms. The summed E-state index contributed by atoms with van der Waals surface area (Å²) >= 11 is 0. The number of ether oxygens (including phenoxy) is 1. The molecule has 1 saturated heterocycles. The first-order chi connectivity index (χ1) is 11.7. The lowest BCUT2D eigenvalue weighted by molar-refractivity contribution is -0.164. The van der Waals surface area contributed by atoms with Gasteiger partial charge in [-0.2, -0.15) is 5.01 Å². The minimum absolute atomic E-state index is 0.0659. The van der Waals surface area contributed by atoms with E-state index in [9.17, 15) is 14.4 Å². The van der Waals surface area contributed by atoms with Crippen LogP contribution in [-0.4, -0.2) is 46.5 Å². The Balaban J connectivity index is 1.69. The van der Waals surface area contributed by atoms with Crippen LogP contribution >= 0.6 is 0 Å². The third-order valence-corrected chi connectivity index (χ3v) is 5.00. The summed E-state index contributed by atoms with van der Waals surface area (Å²) in [5.41, 5.74) is -0.574. The molecule has 2 bridgehead atoms. The molecule has 0 aromatic rings. The molecule has 0 aromatic carbocycles. The van der Waals surface area contributed by atoms with Crippen molar-refractivity contribution in [2.75, 3.05) is 13.1 Å². The highest BCUT2D eigenvalue weighted by Gasteiger charge is 2.60. The lowest BCUT2D eigenvalue weighted by Crippen LogP contribution is -2.49. The minimum Gasteiger partial charge on any atom is -0.460 e. The fraction of sp³-hybridized carbons (Fsp3) is 0.632. The molecule has 3 aliphatic rings. The third-order valence-electron chi connectivity index (χ3n) is 5.00. The molecule has 1 aliphatic heterocycles. The molecule has 6 nitrogen and oxygen atoms in total. The zero-order chi connectivity index (χ0) is 18.4. The number of esters is 1. The maximum atomic E-state index is 12.8. The standard InChI is InChI=1S/C19H24N2O4/c1-5-9-20(10-8-14(22)25-19(2,3)4)21-17(23)15-12-6-7-13(11-12)16(15)18(21)24/h1,6-7,12-13,15-16H,8-11H2,2-4H3/t12-,13+,15+,16-. The fourth-order valence-corrected chi connectivity index (χ4v) is 4.13. The SMILES string of the molecule is C#CCN(CCC(=O)OC(C)(C)C)N1C(=O)[C@@H]2[C@H](C1=O)[C@H]1C=C[C@@H]2C1. The van der Waals surface area contributed by atoms with Gasteiger partial charge >= 0.3 is 5.97 Å². The third kappa shape index (κ3) is 3.21. The summed E-state index contributed by atoms with van der Waals surface area (Å²) in [5, 5.41) is 2.69. The van der Waals surface area contributed by atoms with Crippen molar-refractivity contribution in [3.8, 4) is 12.3 Å². The molecule has 0 N–H and O–H groups in total. The Kier molecular flexibility index (Phi) is 4.46. The van der Waals surface area contributed by atoms with E-state index in [1.165, 1.54) is 10.0 Å². The van der Waals surface area contributed by atoms with Gasteiger partial charge < -0.3 is 4.74 Å². The molecular weight excluding hydrogens is 320 g/mol. The Hall–Kier alpha value is -2.13. The molecule has 0 unspecified atom stereocenters. The van der Waals surface area contributed by atoms with Crippen LogP contribution < -0.4 is 0 Å². The van der Waals surface area contributed by atoms with Gasteiger partial charge in [-0.25, -0.2) is 5.01 Å². The van der Waals surface area contributed by atoms with Crippen LogP contribution in [0.3, 0.4) is 0 Å². The molecule has 25 heavy (non-hydrogen) atoms. The van der Waals surface area contributed by atoms with Crippen molar-refractivity contribution >= 4 is 17.8 Å². The number of nitrogens with zero attached hydrogens (tertiary/aromatic N) is 2. The molecular formula is C19H24N2O4. The van der Waals surface area contributed by atoms with E-state index in [-0.39, 0.29) is 61.0 Å². The van der Waals surface area contributed by atoms with Gasteiger partial charge in [0.1, 0.15) is 5.60 Å². The lowest BCUT2D eigenvalue weighted by Gasteiger charge is -2.30. The van der Waals surface area contributed by atoms with Crippen molar-refractivity contribution in [2.24, 2.45) is 23.7 Å². The van der Waals surface area contributed by atoms with E-state index in [4.69, 9.17) is 11.2 Å². The number of hydrogen-bond donors (Lipinski definition) is 0. The number of fused-ring (bicyclic) bond motifs is 5. The van der Waals surface area contributed by atoms with Gasteiger partial charge in [-0.15, -0.1) is 6.42 Å². The molecule has 0 aromatic heterocycles. The van der Waals surface area contributed by atoms with E-state index in [0.717, 1.165) is 6.42 Å². The number of amides is 2. The summed E-state index contributed by atoms with van der Waals surface area (Å²) in [5.74, 6) is 1.47. The van der Waals surface area contributed by atoms with Crippen LogP contribution in [0.25, 0.3) is 0 Å². The molecule has 134 valence electrons. The zero-order valence-electron chi connectivity index (χ0n) is 14.9. The van der Waals surface area contributed by atoms with Crippen LogP contribution in [0.15, 0.2) is 12.2 Å². The highest BCUT2D eigenvalue weighted by Crippen LogP contribution is 2.52. The van der Waals surface area contributed by atoms with Crippen LogP contribution in [-0.2, 0) is 19.1 Å². The summed E-state index contributed by atoms with van der Waals surface area (Å²) in [6, 6.07) is 0. The van der Waals surface area contributed by atoms with Crippen LogP contribution in [0.5, 0.6) is 0 Å². The summed E-state index contributed by atoms with van der Waals surface area (Å²) in [4.78, 5) is 37.6. The van der Waals surface area contributed by atoms with Crippen LogP contribution in [0.1, 0.15) is 33.6 Å². The van der Waals surface area contributed by atoms with E-state index < -0.39 is 5.60 Å². The summed E-state index contributed by atoms with van der Waals surface area (Å²) in [6.07, 6.45) is 10.5. The van der Waals surface area contributed by atoms with Gasteiger partial charge in [0.15, 0.2) is 0 Å². The van der Waals surface area contributed by atoms with Crippen molar-refractivity contribution in [1.82, 2.24) is 10.0 Å². The molecule has 2 aliphatic carbocycles. The number of carbonyl (C=O) groups is 3. The zero-order valence-corrected chi connectivity index (χ0v) is 14.9. The first-order valence-corrected chi connectivity index (χ1v) is 8.69. The molecule has 0 spiro atoms. The van der Waals surface area contributed by atoms with E-state index in [2.05, 4.69) is 5.92 Å². The number of terminal acetylenes is 1. The van der Waals surface area contributed by atoms with E-state index in [1.807, 2.05) is 12.2 Å². The Morgan fingerprint density at radius 2 is 1.84 bits per heavy atom. The quantitative estimate of drug-likeness (QED) is 0.326. The highest BCUT2D eigenvalue weighted by molar-refractivity contribution is 6.05. The largest absolute Gasteiger partial charge is 0.460 e. The van der Waals surface area contributed by atoms with E-state index >= 15 is 0 Å². The van der Waals surface area contributed by atoms with Gasteiger partial charge in [-0.05, 0) is 39.0 Å². The normalized spacial score (nSPS) is 30.1. The Morgan fingerprint density at radius 3 is 2.32 bits per heavy atom. The summed E-state index contributed by atoms with van der Waals surface area (Å²) < 4.78 is 5.29. The molecule has 2 amide bonds. The van der Waals surface area contributed by atoms with Crippen molar-refractivity contribution in [2.45, 2.75) is 39.2 Å². The average Bonchev–Trinajstić information content (AvgIpc) is 3.17. The first-order valence-electron chi connectivity index (χ1n) is 8.69. The first kappa shape index (κ1) is 17.7. The van der Waals surface area contributed by atoms with Gasteiger partial charge in [0.25, 0.3) is 0 Å². The highest BCUT2D eigenvalue weighted by atomic mass is 16.6. The van der Waals surface area contributed by atoms with Crippen LogP contribution in [0.4, 0.5) is 0 Å². The number of hydrazine groups is 1. The number of allylic oxidation sites excluding steroid dienone is 2. The predicted octanol–water partition coefficient (Wildman–Crippen LogP) is 1.38. The second kappa shape index (κ2) is 6.30. The maximum Gasteiger partial charge on any atom is 0.307 e. The fourth-order valence-electron chi connectivity index (χ4n) is 4.13. The van der Waals surface area contributed by atoms with Crippen molar-refractivity contribution in [3.63, 3.8) is 0 Å². The smallest absolute Gasteiger partial charge is 0.307 e. The van der Waals surface area contributed by atoms with Crippen molar-refractivity contribution < 1.29 is 19.1 Å². The lowest BCUT2D eigenvalue weighted by atomic mass is 9.85. The number of carbonyl (C=O) groups excluding carboxylic acids is 3. The molecule has 4 atom stereocenters. The van der Waals surface area contributed by atoms with E-state index in [0.29, 0.717) is 0 Å². The molecule has 0 radical (unpaired) electrons. The van der Waals surface area contributed by atoms with Crippen LogP contribution in [0, 0.1) is 36.0 Å². The number of rotatable bonds is 5. The molecule has 3 rings (SSSR count). The average molecular weight is 344 g/mol. The Bertz CT molecular complexity index is 640. The monoisotopic (exact) mass is 344 g/mol. The van der Waals surface area contributed by atoms with Crippen molar-refractivity contribution in [3.05, 3.63) is 12.2 Å². The predicted molar refractivity (Wildman–Crippen MR) is 90.4 cm³/mol. The van der Waals surface area contributed by atoms with Gasteiger partial charge in [-0.3, -0.25) is 14.4 Å². The molecule has 1 heterocycles. The second-order valence-electron chi connectivity index (χ2n) is 7.92. The summed E-state index contributed by atoms with van der Waals surface area (Å²) in [7, 11) is 0. The van der Waals surface area contributed by atoms with Gasteiger partial charge in [0, 0.05) is 6.54 Å². The van der Waals surface area contributed by atoms with Gasteiger partial charge in [0.05, 0.1) is 24.8 Å². The Labute approximate surface area is 148 Å². The topological polar surface area (TPSA) is 66.9 Å². The molecule has 1 saturated carbocycles.